The molecular formula is C37H23NO. The molecule has 182 valence electrons. The van der Waals surface area contributed by atoms with Gasteiger partial charge in [-0.1, -0.05) is 109 Å². The van der Waals surface area contributed by atoms with Crippen LogP contribution in [-0.2, 0) is 0 Å². The Morgan fingerprint density at radius 3 is 1.67 bits per heavy atom. The molecule has 0 atom stereocenters. The zero-order valence-corrected chi connectivity index (χ0v) is 21.1. The molecule has 0 aliphatic heterocycles. The van der Waals surface area contributed by atoms with E-state index < -0.39 is 0 Å². The van der Waals surface area contributed by atoms with Crippen molar-refractivity contribution in [3.63, 3.8) is 0 Å². The highest BCUT2D eigenvalue weighted by molar-refractivity contribution is 6.26. The fourth-order valence-corrected chi connectivity index (χ4v) is 6.12. The number of furan rings is 1. The minimum atomic E-state index is 0.889. The van der Waals surface area contributed by atoms with Crippen LogP contribution in [0.3, 0.4) is 0 Å². The number of aromatic nitrogens is 1. The van der Waals surface area contributed by atoms with E-state index in [1.807, 2.05) is 18.3 Å². The Balaban J connectivity index is 1.56. The summed E-state index contributed by atoms with van der Waals surface area (Å²) >= 11 is 0. The van der Waals surface area contributed by atoms with Crippen LogP contribution in [-0.4, -0.2) is 4.98 Å². The lowest BCUT2D eigenvalue weighted by Gasteiger charge is -2.18. The van der Waals surface area contributed by atoms with Crippen LogP contribution in [0.1, 0.15) is 0 Å². The van der Waals surface area contributed by atoms with Crippen LogP contribution in [0.4, 0.5) is 0 Å². The molecule has 0 bridgehead atoms. The first-order chi connectivity index (χ1) is 19.4. The molecule has 2 aromatic heterocycles. The fraction of sp³-hybridized carbons (Fsp3) is 0. The zero-order valence-electron chi connectivity index (χ0n) is 21.1. The second kappa shape index (κ2) is 8.68. The van der Waals surface area contributed by atoms with Crippen LogP contribution in [0.15, 0.2) is 144 Å². The van der Waals surface area contributed by atoms with Gasteiger partial charge in [0.25, 0.3) is 0 Å². The van der Waals surface area contributed by atoms with E-state index in [2.05, 4.69) is 120 Å². The summed E-state index contributed by atoms with van der Waals surface area (Å²) in [5, 5.41) is 7.21. The standard InChI is InChI=1S/C37H23NO/c1-2-11-24(12-3-1)34-27-14-4-6-16-29(27)35(30-17-7-5-15-28(30)34)32-21-20-26(25-13-10-22-38-23-25)37-36(32)31-18-8-9-19-33(31)39-37/h1-23H. The maximum Gasteiger partial charge on any atom is 0.143 e. The van der Waals surface area contributed by atoms with Crippen molar-refractivity contribution < 1.29 is 4.42 Å². The molecule has 2 nitrogen and oxygen atoms in total. The van der Waals surface area contributed by atoms with Gasteiger partial charge in [0, 0.05) is 34.3 Å². The number of benzene rings is 6. The number of pyridine rings is 1. The minimum absolute atomic E-state index is 0.889. The summed E-state index contributed by atoms with van der Waals surface area (Å²) in [6.07, 6.45) is 3.71. The van der Waals surface area contributed by atoms with Crippen LogP contribution in [0.25, 0.3) is 76.9 Å². The van der Waals surface area contributed by atoms with Crippen molar-refractivity contribution in [3.8, 4) is 33.4 Å². The Morgan fingerprint density at radius 1 is 0.436 bits per heavy atom. The molecule has 0 saturated carbocycles. The topological polar surface area (TPSA) is 26.0 Å². The molecule has 0 amide bonds. The van der Waals surface area contributed by atoms with Crippen molar-refractivity contribution in [2.75, 3.05) is 0 Å². The van der Waals surface area contributed by atoms with Gasteiger partial charge in [-0.3, -0.25) is 4.98 Å². The van der Waals surface area contributed by atoms with E-state index in [0.717, 1.165) is 33.1 Å². The predicted octanol–water partition coefficient (Wildman–Crippen LogP) is 10.3. The Morgan fingerprint density at radius 2 is 1.00 bits per heavy atom. The molecule has 8 rings (SSSR count). The van der Waals surface area contributed by atoms with Gasteiger partial charge in [-0.2, -0.15) is 0 Å². The Hall–Kier alpha value is -5.21. The van der Waals surface area contributed by atoms with E-state index >= 15 is 0 Å². The third-order valence-corrected chi connectivity index (χ3v) is 7.76. The summed E-state index contributed by atoms with van der Waals surface area (Å²) in [4.78, 5) is 4.38. The third kappa shape index (κ3) is 3.32. The Kier molecular flexibility index (Phi) is 4.86. The molecule has 0 fully saturated rings. The largest absolute Gasteiger partial charge is 0.455 e. The highest BCUT2D eigenvalue weighted by atomic mass is 16.3. The molecule has 39 heavy (non-hydrogen) atoms. The van der Waals surface area contributed by atoms with Crippen molar-refractivity contribution >= 4 is 43.5 Å². The number of para-hydroxylation sites is 1. The number of hydrogen-bond acceptors (Lipinski definition) is 2. The molecular weight excluding hydrogens is 474 g/mol. The smallest absolute Gasteiger partial charge is 0.143 e. The van der Waals surface area contributed by atoms with E-state index in [1.165, 1.54) is 43.8 Å². The zero-order chi connectivity index (χ0) is 25.8. The van der Waals surface area contributed by atoms with E-state index in [-0.39, 0.29) is 0 Å². The SMILES string of the molecule is c1ccc(-c2c3ccccc3c(-c3ccc(-c4cccnc4)c4oc5ccccc5c34)c3ccccc23)cc1. The summed E-state index contributed by atoms with van der Waals surface area (Å²) < 4.78 is 6.59. The molecule has 0 radical (unpaired) electrons. The lowest BCUT2D eigenvalue weighted by atomic mass is 9.84. The Bertz CT molecular complexity index is 2100. The quantitative estimate of drug-likeness (QED) is 0.227. The van der Waals surface area contributed by atoms with Gasteiger partial charge >= 0.3 is 0 Å². The van der Waals surface area contributed by atoms with Crippen LogP contribution in [0.5, 0.6) is 0 Å². The first kappa shape index (κ1) is 21.8. The van der Waals surface area contributed by atoms with Crippen LogP contribution >= 0.6 is 0 Å². The summed E-state index contributed by atoms with van der Waals surface area (Å²) in [7, 11) is 0. The number of nitrogens with zero attached hydrogens (tertiary/aromatic N) is 1. The van der Waals surface area contributed by atoms with Crippen molar-refractivity contribution in [1.82, 2.24) is 4.98 Å². The van der Waals surface area contributed by atoms with Gasteiger partial charge in [-0.05, 0) is 62.0 Å². The summed E-state index contributed by atoms with van der Waals surface area (Å²) in [5.41, 5.74) is 8.77. The fourth-order valence-electron chi connectivity index (χ4n) is 6.12. The lowest BCUT2D eigenvalue weighted by Crippen LogP contribution is -1.91. The molecule has 8 aromatic rings. The van der Waals surface area contributed by atoms with Gasteiger partial charge in [-0.15, -0.1) is 0 Å². The van der Waals surface area contributed by atoms with E-state index in [0.29, 0.717) is 0 Å². The first-order valence-corrected chi connectivity index (χ1v) is 13.2. The van der Waals surface area contributed by atoms with Crippen molar-refractivity contribution in [1.29, 1.82) is 0 Å². The van der Waals surface area contributed by atoms with Crippen molar-refractivity contribution in [2.24, 2.45) is 0 Å². The lowest BCUT2D eigenvalue weighted by molar-refractivity contribution is 0.670. The van der Waals surface area contributed by atoms with Crippen LogP contribution < -0.4 is 0 Å². The van der Waals surface area contributed by atoms with Crippen molar-refractivity contribution in [2.45, 2.75) is 0 Å². The average molecular weight is 498 g/mol. The molecule has 0 unspecified atom stereocenters. The molecule has 2 heteroatoms. The predicted molar refractivity (Wildman–Crippen MR) is 163 cm³/mol. The minimum Gasteiger partial charge on any atom is -0.455 e. The summed E-state index contributed by atoms with van der Waals surface area (Å²) in [6.45, 7) is 0. The highest BCUT2D eigenvalue weighted by Gasteiger charge is 2.22. The average Bonchev–Trinajstić information content (AvgIpc) is 3.40. The van der Waals surface area contributed by atoms with Crippen LogP contribution in [0.2, 0.25) is 0 Å². The normalized spacial score (nSPS) is 11.6. The van der Waals surface area contributed by atoms with Gasteiger partial charge in [0.15, 0.2) is 0 Å². The van der Waals surface area contributed by atoms with Crippen molar-refractivity contribution in [3.05, 3.63) is 140 Å². The first-order valence-electron chi connectivity index (χ1n) is 13.2. The second-order valence-electron chi connectivity index (χ2n) is 9.91. The third-order valence-electron chi connectivity index (χ3n) is 7.76. The molecule has 0 N–H and O–H groups in total. The maximum absolute atomic E-state index is 6.59. The number of rotatable bonds is 3. The summed E-state index contributed by atoms with van der Waals surface area (Å²) in [5.74, 6) is 0. The summed E-state index contributed by atoms with van der Waals surface area (Å²) in [6, 6.07) is 45.2. The van der Waals surface area contributed by atoms with Crippen LogP contribution in [0, 0.1) is 0 Å². The van der Waals surface area contributed by atoms with Gasteiger partial charge in [0.2, 0.25) is 0 Å². The molecule has 6 aromatic carbocycles. The molecule has 0 aliphatic carbocycles. The van der Waals surface area contributed by atoms with Gasteiger partial charge in [-0.25, -0.2) is 0 Å². The monoisotopic (exact) mass is 497 g/mol. The molecule has 0 spiro atoms. The molecule has 0 aliphatic rings. The van der Waals surface area contributed by atoms with E-state index in [4.69, 9.17) is 4.42 Å². The van der Waals surface area contributed by atoms with E-state index in [1.54, 1.807) is 6.20 Å². The van der Waals surface area contributed by atoms with Gasteiger partial charge in [0.05, 0.1) is 0 Å². The molecule has 0 saturated heterocycles. The number of hydrogen-bond donors (Lipinski definition) is 0. The maximum atomic E-state index is 6.59. The second-order valence-corrected chi connectivity index (χ2v) is 9.91. The number of fused-ring (bicyclic) bond motifs is 5. The Labute approximate surface area is 225 Å². The van der Waals surface area contributed by atoms with E-state index in [9.17, 15) is 0 Å². The van der Waals surface area contributed by atoms with Gasteiger partial charge < -0.3 is 4.42 Å². The molecule has 2 heterocycles. The van der Waals surface area contributed by atoms with Gasteiger partial charge in [0.1, 0.15) is 11.2 Å². The highest BCUT2D eigenvalue weighted by Crippen LogP contribution is 2.48.